The van der Waals surface area contributed by atoms with Crippen molar-refractivity contribution in [3.05, 3.63) is 28.5 Å². The maximum Gasteiger partial charge on any atom is 0.434 e. The Hall–Kier alpha value is -2.24. The average Bonchev–Trinajstić information content (AvgIpc) is 2.71. The van der Waals surface area contributed by atoms with Gasteiger partial charge in [0.25, 0.3) is 0 Å². The lowest BCUT2D eigenvalue weighted by atomic mass is 9.77. The molecule has 2 N–H and O–H groups in total. The molecule has 178 valence electrons. The third kappa shape index (κ3) is 5.76. The number of hydrogen-bond donors (Lipinski definition) is 2. The first-order valence-electron chi connectivity index (χ1n) is 9.98. The van der Waals surface area contributed by atoms with Gasteiger partial charge in [0, 0.05) is 13.1 Å². The Bertz CT molecular complexity index is 855. The van der Waals surface area contributed by atoms with Gasteiger partial charge in [-0.15, -0.1) is 0 Å². The molecule has 1 aliphatic heterocycles. The lowest BCUT2D eigenvalue weighted by Gasteiger charge is -2.36. The van der Waals surface area contributed by atoms with Gasteiger partial charge in [0.15, 0.2) is 5.69 Å². The van der Waals surface area contributed by atoms with Crippen molar-refractivity contribution < 1.29 is 35.9 Å². The summed E-state index contributed by atoms with van der Waals surface area (Å²) < 4.78 is 79.0. The standard InChI is InChI=1S/C19H21ClF6N4O2/c20-12-5-6-13(28-16(12)19(24,25)26)15(10-1-3-11(4-2-10)18(21,22)23)29-17(32)30-8-7-27-14(31)9-30/h5-6,10-11,15H,1-4,7-9H2,(H,27,31)(H,29,32)/t10-,11+,15?. The van der Waals surface area contributed by atoms with Crippen molar-refractivity contribution in [2.45, 2.75) is 44.1 Å². The monoisotopic (exact) mass is 486 g/mol. The quantitative estimate of drug-likeness (QED) is 0.625. The summed E-state index contributed by atoms with van der Waals surface area (Å²) >= 11 is 5.64. The second-order valence-corrected chi connectivity index (χ2v) is 8.32. The Morgan fingerprint density at radius 2 is 1.81 bits per heavy atom. The van der Waals surface area contributed by atoms with Gasteiger partial charge in [-0.25, -0.2) is 9.78 Å². The maximum atomic E-state index is 13.3. The zero-order chi connectivity index (χ0) is 23.7. The van der Waals surface area contributed by atoms with E-state index in [0.717, 1.165) is 6.07 Å². The largest absolute Gasteiger partial charge is 0.434 e. The van der Waals surface area contributed by atoms with Gasteiger partial charge in [0.1, 0.15) is 6.54 Å². The number of pyridine rings is 1. The van der Waals surface area contributed by atoms with Gasteiger partial charge in [-0.05, 0) is 43.7 Å². The fraction of sp³-hybridized carbons (Fsp3) is 0.632. The van der Waals surface area contributed by atoms with Crippen LogP contribution in [0, 0.1) is 11.8 Å². The smallest absolute Gasteiger partial charge is 0.353 e. The molecule has 1 aromatic rings. The second-order valence-electron chi connectivity index (χ2n) is 7.92. The molecule has 6 nitrogen and oxygen atoms in total. The molecular weight excluding hydrogens is 466 g/mol. The molecule has 32 heavy (non-hydrogen) atoms. The summed E-state index contributed by atoms with van der Waals surface area (Å²) in [4.78, 5) is 29.1. The normalized spacial score (nSPS) is 23.5. The SMILES string of the molecule is O=C1CN(C(=O)NC(c2ccc(Cl)c(C(F)(F)F)n2)[C@H]2CC[C@@H](C(F)(F)F)CC2)CCN1. The minimum absolute atomic E-state index is 0.0429. The molecule has 3 rings (SSSR count). The van der Waals surface area contributed by atoms with E-state index in [2.05, 4.69) is 15.6 Å². The maximum absolute atomic E-state index is 13.3. The first-order valence-corrected chi connectivity index (χ1v) is 10.4. The van der Waals surface area contributed by atoms with Crippen molar-refractivity contribution in [1.82, 2.24) is 20.5 Å². The van der Waals surface area contributed by atoms with Crippen molar-refractivity contribution in [2.75, 3.05) is 19.6 Å². The lowest BCUT2D eigenvalue weighted by molar-refractivity contribution is -0.184. The van der Waals surface area contributed by atoms with E-state index in [-0.39, 0.29) is 51.0 Å². The summed E-state index contributed by atoms with van der Waals surface area (Å²) in [6.45, 7) is 0.166. The molecule has 13 heteroatoms. The van der Waals surface area contributed by atoms with E-state index in [4.69, 9.17) is 11.6 Å². The van der Waals surface area contributed by atoms with E-state index >= 15 is 0 Å². The Morgan fingerprint density at radius 1 is 1.16 bits per heavy atom. The highest BCUT2D eigenvalue weighted by Crippen LogP contribution is 2.43. The number of halogens is 7. The number of carbonyl (C=O) groups excluding carboxylic acids is 2. The number of piperazine rings is 1. The second kappa shape index (κ2) is 9.32. The van der Waals surface area contributed by atoms with Crippen LogP contribution < -0.4 is 10.6 Å². The number of nitrogens with one attached hydrogen (secondary N) is 2. The van der Waals surface area contributed by atoms with Crippen molar-refractivity contribution in [1.29, 1.82) is 0 Å². The summed E-state index contributed by atoms with van der Waals surface area (Å²) in [5.74, 6) is -2.45. The molecule has 1 aliphatic carbocycles. The van der Waals surface area contributed by atoms with Crippen LogP contribution in [0.2, 0.25) is 5.02 Å². The van der Waals surface area contributed by atoms with Gasteiger partial charge in [0.05, 0.1) is 22.7 Å². The zero-order valence-corrected chi connectivity index (χ0v) is 17.4. The lowest BCUT2D eigenvalue weighted by Crippen LogP contribution is -2.54. The van der Waals surface area contributed by atoms with Crippen molar-refractivity contribution in [3.8, 4) is 0 Å². The van der Waals surface area contributed by atoms with Gasteiger partial charge in [-0.2, -0.15) is 26.3 Å². The minimum Gasteiger partial charge on any atom is -0.353 e. The fourth-order valence-electron chi connectivity index (χ4n) is 4.08. The van der Waals surface area contributed by atoms with Gasteiger partial charge in [-0.3, -0.25) is 4.79 Å². The van der Waals surface area contributed by atoms with Crippen LogP contribution in [0.1, 0.15) is 43.1 Å². The predicted molar refractivity (Wildman–Crippen MR) is 102 cm³/mol. The molecule has 0 aromatic carbocycles. The van der Waals surface area contributed by atoms with E-state index in [1.54, 1.807) is 0 Å². The van der Waals surface area contributed by atoms with Crippen LogP contribution in [0.4, 0.5) is 31.1 Å². The van der Waals surface area contributed by atoms with Crippen LogP contribution in [0.5, 0.6) is 0 Å². The molecular formula is C19H21ClF6N4O2. The predicted octanol–water partition coefficient (Wildman–Crippen LogP) is 4.31. The van der Waals surface area contributed by atoms with Gasteiger partial charge in [0.2, 0.25) is 5.91 Å². The van der Waals surface area contributed by atoms with E-state index < -0.39 is 52.9 Å². The van der Waals surface area contributed by atoms with E-state index in [9.17, 15) is 35.9 Å². The Kier molecular flexibility index (Phi) is 7.11. The molecule has 1 aromatic heterocycles. The summed E-state index contributed by atoms with van der Waals surface area (Å²) in [7, 11) is 0. The highest BCUT2D eigenvalue weighted by Gasteiger charge is 2.44. The van der Waals surface area contributed by atoms with Gasteiger partial charge >= 0.3 is 18.4 Å². The van der Waals surface area contributed by atoms with Crippen LogP contribution >= 0.6 is 11.6 Å². The molecule has 0 bridgehead atoms. The Balaban J connectivity index is 1.86. The van der Waals surface area contributed by atoms with Crippen LogP contribution in [-0.4, -0.2) is 47.6 Å². The molecule has 1 saturated carbocycles. The number of rotatable bonds is 3. The number of amides is 3. The molecule has 1 unspecified atom stereocenters. The highest BCUT2D eigenvalue weighted by molar-refractivity contribution is 6.31. The van der Waals surface area contributed by atoms with E-state index in [0.29, 0.717) is 0 Å². The topological polar surface area (TPSA) is 74.3 Å². The number of hydrogen-bond acceptors (Lipinski definition) is 3. The number of nitrogens with zero attached hydrogens (tertiary/aromatic N) is 2. The zero-order valence-electron chi connectivity index (χ0n) is 16.7. The molecule has 0 spiro atoms. The van der Waals surface area contributed by atoms with E-state index in [1.165, 1.54) is 11.0 Å². The minimum atomic E-state index is -4.85. The third-order valence-electron chi connectivity index (χ3n) is 5.77. The molecule has 1 atom stereocenters. The van der Waals surface area contributed by atoms with Crippen LogP contribution in [0.25, 0.3) is 0 Å². The first-order chi connectivity index (χ1) is 14.9. The summed E-state index contributed by atoms with van der Waals surface area (Å²) in [6.07, 6.45) is -9.52. The van der Waals surface area contributed by atoms with E-state index in [1.807, 2.05) is 0 Å². The fourth-order valence-corrected chi connectivity index (χ4v) is 4.29. The van der Waals surface area contributed by atoms with Crippen LogP contribution in [-0.2, 0) is 11.0 Å². The van der Waals surface area contributed by atoms with Crippen molar-refractivity contribution >= 4 is 23.5 Å². The molecule has 0 radical (unpaired) electrons. The average molecular weight is 487 g/mol. The van der Waals surface area contributed by atoms with Gasteiger partial charge < -0.3 is 15.5 Å². The molecule has 2 fully saturated rings. The molecule has 3 amide bonds. The highest BCUT2D eigenvalue weighted by atomic mass is 35.5. The Morgan fingerprint density at radius 3 is 2.38 bits per heavy atom. The Labute approximate surface area is 184 Å². The molecule has 2 aliphatic rings. The number of urea groups is 1. The number of alkyl halides is 6. The van der Waals surface area contributed by atoms with Crippen molar-refractivity contribution in [2.24, 2.45) is 11.8 Å². The summed E-state index contributed by atoms with van der Waals surface area (Å²) in [6, 6.07) is 0.455. The number of carbonyl (C=O) groups is 2. The third-order valence-corrected chi connectivity index (χ3v) is 6.07. The molecule has 2 heterocycles. The first kappa shape index (κ1) is 24.4. The van der Waals surface area contributed by atoms with Gasteiger partial charge in [-0.1, -0.05) is 11.6 Å². The number of aromatic nitrogens is 1. The summed E-state index contributed by atoms with van der Waals surface area (Å²) in [5.41, 5.74) is -1.48. The van der Waals surface area contributed by atoms with Crippen molar-refractivity contribution in [3.63, 3.8) is 0 Å². The van der Waals surface area contributed by atoms with Crippen LogP contribution in [0.15, 0.2) is 12.1 Å². The summed E-state index contributed by atoms with van der Waals surface area (Å²) in [5, 5.41) is 4.52. The van der Waals surface area contributed by atoms with Crippen LogP contribution in [0.3, 0.4) is 0 Å². The molecule has 1 saturated heterocycles.